The van der Waals surface area contributed by atoms with Crippen molar-refractivity contribution in [3.63, 3.8) is 0 Å². The Balaban J connectivity index is 2.13. The zero-order chi connectivity index (χ0) is 11.0. The molecule has 7 heteroatoms. The van der Waals surface area contributed by atoms with Crippen molar-refractivity contribution in [2.75, 3.05) is 0 Å². The van der Waals surface area contributed by atoms with Crippen molar-refractivity contribution in [3.8, 4) is 0 Å². The summed E-state index contributed by atoms with van der Waals surface area (Å²) in [5, 5.41) is 12.2. The number of rotatable bonds is 2. The second-order valence-electron chi connectivity index (χ2n) is 3.44. The van der Waals surface area contributed by atoms with Gasteiger partial charge in [-0.05, 0) is 0 Å². The first-order chi connectivity index (χ1) is 7.09. The molecule has 0 N–H and O–H groups in total. The van der Waals surface area contributed by atoms with Gasteiger partial charge in [-0.2, -0.15) is 4.99 Å². The SMILES string of the molecule is Cn1ccsc1=NC(=O)[C@@H]1C[C@H]1[N+](=O)[O-]. The molecule has 0 unspecified atom stereocenters. The van der Waals surface area contributed by atoms with Crippen molar-refractivity contribution in [1.82, 2.24) is 4.57 Å². The first kappa shape index (κ1) is 10.0. The molecule has 0 aliphatic heterocycles. The fraction of sp³-hybridized carbons (Fsp3) is 0.500. The third kappa shape index (κ3) is 1.96. The molecule has 2 rings (SSSR count). The highest BCUT2D eigenvalue weighted by atomic mass is 32.1. The number of nitrogens with zero attached hydrogens (tertiary/aromatic N) is 3. The Hall–Kier alpha value is -1.50. The molecule has 1 fully saturated rings. The predicted molar refractivity (Wildman–Crippen MR) is 52.7 cm³/mol. The van der Waals surface area contributed by atoms with Gasteiger partial charge >= 0.3 is 0 Å². The molecule has 1 aromatic heterocycles. The Morgan fingerprint density at radius 3 is 3.00 bits per heavy atom. The van der Waals surface area contributed by atoms with E-state index in [1.807, 2.05) is 5.38 Å². The number of carbonyl (C=O) groups is 1. The molecule has 1 heterocycles. The van der Waals surface area contributed by atoms with Crippen molar-refractivity contribution < 1.29 is 9.72 Å². The third-order valence-electron chi connectivity index (χ3n) is 2.31. The Kier molecular flexibility index (Phi) is 2.39. The maximum absolute atomic E-state index is 11.5. The zero-order valence-electron chi connectivity index (χ0n) is 7.99. The molecule has 1 aliphatic carbocycles. The van der Waals surface area contributed by atoms with Crippen molar-refractivity contribution in [3.05, 3.63) is 26.5 Å². The summed E-state index contributed by atoms with van der Waals surface area (Å²) in [6.07, 6.45) is 2.11. The van der Waals surface area contributed by atoms with Crippen LogP contribution >= 0.6 is 11.3 Å². The molecule has 1 saturated carbocycles. The minimum absolute atomic E-state index is 0.324. The van der Waals surface area contributed by atoms with E-state index in [-0.39, 0.29) is 5.91 Å². The summed E-state index contributed by atoms with van der Waals surface area (Å²) in [4.78, 5) is 25.8. The fourth-order valence-electron chi connectivity index (χ4n) is 1.29. The summed E-state index contributed by atoms with van der Waals surface area (Å²) in [6.45, 7) is 0. The highest BCUT2D eigenvalue weighted by Crippen LogP contribution is 2.33. The van der Waals surface area contributed by atoms with E-state index in [9.17, 15) is 14.9 Å². The van der Waals surface area contributed by atoms with Gasteiger partial charge in [0.05, 0.1) is 0 Å². The lowest BCUT2D eigenvalue weighted by molar-refractivity contribution is -0.497. The van der Waals surface area contributed by atoms with Crippen LogP contribution in [-0.2, 0) is 11.8 Å². The molecule has 0 spiro atoms. The lowest BCUT2D eigenvalue weighted by atomic mass is 10.4. The van der Waals surface area contributed by atoms with Gasteiger partial charge in [-0.15, -0.1) is 11.3 Å². The fourth-order valence-corrected chi connectivity index (χ4v) is 2.03. The van der Waals surface area contributed by atoms with Gasteiger partial charge < -0.3 is 4.57 Å². The van der Waals surface area contributed by atoms with Crippen LogP contribution in [0.2, 0.25) is 0 Å². The van der Waals surface area contributed by atoms with Crippen LogP contribution in [0.5, 0.6) is 0 Å². The maximum Gasteiger partial charge on any atom is 0.258 e. The topological polar surface area (TPSA) is 77.5 Å². The molecule has 6 nitrogen and oxygen atoms in total. The molecule has 0 radical (unpaired) electrons. The van der Waals surface area contributed by atoms with E-state index in [2.05, 4.69) is 4.99 Å². The van der Waals surface area contributed by atoms with Crippen molar-refractivity contribution in [2.45, 2.75) is 12.5 Å². The van der Waals surface area contributed by atoms with E-state index >= 15 is 0 Å². The van der Waals surface area contributed by atoms with Gasteiger partial charge in [-0.25, -0.2) is 0 Å². The van der Waals surface area contributed by atoms with Crippen LogP contribution in [-0.4, -0.2) is 21.4 Å². The lowest BCUT2D eigenvalue weighted by Gasteiger charge is -1.90. The van der Waals surface area contributed by atoms with Gasteiger partial charge in [-0.1, -0.05) is 0 Å². The third-order valence-corrected chi connectivity index (χ3v) is 3.16. The monoisotopic (exact) mass is 227 g/mol. The van der Waals surface area contributed by atoms with Crippen LogP contribution in [0.3, 0.4) is 0 Å². The average Bonchev–Trinajstić information content (AvgIpc) is 2.88. The molecular formula is C8H9N3O3S. The van der Waals surface area contributed by atoms with E-state index in [0.29, 0.717) is 11.2 Å². The predicted octanol–water partition coefficient (Wildman–Crippen LogP) is 0.179. The number of aryl methyl sites for hydroxylation is 1. The van der Waals surface area contributed by atoms with E-state index in [4.69, 9.17) is 0 Å². The van der Waals surface area contributed by atoms with E-state index in [1.54, 1.807) is 17.8 Å². The van der Waals surface area contributed by atoms with E-state index in [1.165, 1.54) is 11.3 Å². The highest BCUT2D eigenvalue weighted by molar-refractivity contribution is 7.07. The smallest absolute Gasteiger partial charge is 0.258 e. The molecule has 0 saturated heterocycles. The number of carbonyl (C=O) groups excluding carboxylic acids is 1. The van der Waals surface area contributed by atoms with Gasteiger partial charge in [-0.3, -0.25) is 14.9 Å². The largest absolute Gasteiger partial charge is 0.327 e. The summed E-state index contributed by atoms with van der Waals surface area (Å²) in [7, 11) is 1.78. The van der Waals surface area contributed by atoms with Gasteiger partial charge in [0, 0.05) is 30.0 Å². The number of thiazole rings is 1. The summed E-state index contributed by atoms with van der Waals surface area (Å²) >= 11 is 1.34. The molecule has 15 heavy (non-hydrogen) atoms. The van der Waals surface area contributed by atoms with Gasteiger partial charge in [0.15, 0.2) is 4.80 Å². The van der Waals surface area contributed by atoms with Gasteiger partial charge in [0.25, 0.3) is 5.91 Å². The van der Waals surface area contributed by atoms with Crippen LogP contribution in [0.25, 0.3) is 0 Å². The number of nitro groups is 1. The molecule has 80 valence electrons. The summed E-state index contributed by atoms with van der Waals surface area (Å²) in [6, 6.07) is -0.716. The molecule has 0 bridgehead atoms. The molecule has 0 aromatic carbocycles. The first-order valence-corrected chi connectivity index (χ1v) is 5.30. The van der Waals surface area contributed by atoms with Crippen LogP contribution in [0.15, 0.2) is 16.6 Å². The van der Waals surface area contributed by atoms with Crippen molar-refractivity contribution >= 4 is 17.2 Å². The molecule has 1 aromatic rings. The van der Waals surface area contributed by atoms with Crippen molar-refractivity contribution in [1.29, 1.82) is 0 Å². The van der Waals surface area contributed by atoms with Crippen LogP contribution in [0.1, 0.15) is 6.42 Å². The minimum atomic E-state index is -0.716. The molecular weight excluding hydrogens is 218 g/mol. The van der Waals surface area contributed by atoms with Crippen LogP contribution < -0.4 is 4.80 Å². The van der Waals surface area contributed by atoms with Crippen LogP contribution in [0.4, 0.5) is 0 Å². The quantitative estimate of drug-likeness (QED) is 0.534. The second-order valence-corrected chi connectivity index (χ2v) is 4.31. The molecule has 2 atom stereocenters. The number of amides is 1. The first-order valence-electron chi connectivity index (χ1n) is 4.42. The number of hydrogen-bond acceptors (Lipinski definition) is 4. The number of aromatic nitrogens is 1. The Morgan fingerprint density at radius 1 is 1.80 bits per heavy atom. The Morgan fingerprint density at radius 2 is 2.53 bits per heavy atom. The van der Waals surface area contributed by atoms with E-state index in [0.717, 1.165) is 0 Å². The highest BCUT2D eigenvalue weighted by Gasteiger charge is 2.53. The van der Waals surface area contributed by atoms with Crippen LogP contribution in [0, 0.1) is 16.0 Å². The molecule has 1 aliphatic rings. The lowest BCUT2D eigenvalue weighted by Crippen LogP contribution is -2.15. The summed E-state index contributed by atoms with van der Waals surface area (Å²) < 4.78 is 1.71. The van der Waals surface area contributed by atoms with Crippen molar-refractivity contribution in [2.24, 2.45) is 18.0 Å². The number of hydrogen-bond donors (Lipinski definition) is 0. The summed E-state index contributed by atoms with van der Waals surface area (Å²) in [5.41, 5.74) is 0. The minimum Gasteiger partial charge on any atom is -0.327 e. The maximum atomic E-state index is 11.5. The summed E-state index contributed by atoms with van der Waals surface area (Å²) in [5.74, 6) is -0.892. The second kappa shape index (κ2) is 3.58. The Bertz CT molecular complexity index is 475. The zero-order valence-corrected chi connectivity index (χ0v) is 8.81. The van der Waals surface area contributed by atoms with Gasteiger partial charge in [0.1, 0.15) is 5.92 Å². The average molecular weight is 227 g/mol. The van der Waals surface area contributed by atoms with E-state index < -0.39 is 16.9 Å². The normalized spacial score (nSPS) is 25.3. The standard InChI is InChI=1S/C8H9N3O3S/c1-10-2-3-15-8(10)9-7(12)5-4-6(5)11(13)14/h2-3,5-6H,4H2,1H3/t5-,6-/m1/s1. The Labute approximate surface area is 89.0 Å². The van der Waals surface area contributed by atoms with Gasteiger partial charge in [0.2, 0.25) is 6.04 Å². The molecule has 1 amide bonds.